The molecule has 5 rings (SSSR count). The SMILES string of the molecule is CC1(C)OB(C(=Cc2ccc(N)cc2F)CNC(=O)OCC2c3ccccc3-c3ccccc32)OC1(C)C. The number of carbonyl (C=O) groups excluding carboxylic acids is 1. The van der Waals surface area contributed by atoms with Gasteiger partial charge < -0.3 is 25.1 Å². The summed E-state index contributed by atoms with van der Waals surface area (Å²) in [5, 5.41) is 2.80. The number of anilines is 1. The molecule has 1 heterocycles. The lowest BCUT2D eigenvalue weighted by Gasteiger charge is -2.32. The number of rotatable bonds is 6. The van der Waals surface area contributed by atoms with Crippen LogP contribution in [-0.4, -0.2) is 37.6 Å². The number of amides is 1. The van der Waals surface area contributed by atoms with Crippen LogP contribution in [0.1, 0.15) is 50.3 Å². The van der Waals surface area contributed by atoms with Gasteiger partial charge in [0.05, 0.1) is 11.2 Å². The average molecular weight is 514 g/mol. The lowest BCUT2D eigenvalue weighted by atomic mass is 9.77. The summed E-state index contributed by atoms with van der Waals surface area (Å²) in [5.74, 6) is -0.518. The number of carbonyl (C=O) groups is 1. The molecule has 3 aromatic carbocycles. The van der Waals surface area contributed by atoms with Crippen LogP contribution in [0, 0.1) is 5.82 Å². The first kappa shape index (κ1) is 26.0. The molecule has 0 saturated carbocycles. The Hall–Kier alpha value is -3.62. The zero-order valence-electron chi connectivity index (χ0n) is 22.1. The molecule has 1 aliphatic carbocycles. The summed E-state index contributed by atoms with van der Waals surface area (Å²) < 4.78 is 32.7. The van der Waals surface area contributed by atoms with Gasteiger partial charge in [-0.1, -0.05) is 60.7 Å². The molecule has 8 heteroatoms. The molecule has 1 amide bonds. The van der Waals surface area contributed by atoms with Gasteiger partial charge in [-0.25, -0.2) is 9.18 Å². The molecule has 1 aliphatic heterocycles. The van der Waals surface area contributed by atoms with Crippen molar-refractivity contribution in [3.8, 4) is 11.1 Å². The van der Waals surface area contributed by atoms with E-state index in [2.05, 4.69) is 29.6 Å². The van der Waals surface area contributed by atoms with Crippen LogP contribution in [0.15, 0.2) is 72.2 Å². The number of hydrogen-bond donors (Lipinski definition) is 2. The van der Waals surface area contributed by atoms with E-state index in [0.29, 0.717) is 16.7 Å². The Kier molecular flexibility index (Phi) is 6.80. The van der Waals surface area contributed by atoms with Crippen LogP contribution in [-0.2, 0) is 14.0 Å². The number of ether oxygens (including phenoxy) is 1. The second-order valence-electron chi connectivity index (χ2n) is 10.8. The summed E-state index contributed by atoms with van der Waals surface area (Å²) >= 11 is 0. The van der Waals surface area contributed by atoms with Gasteiger partial charge in [-0.15, -0.1) is 0 Å². The highest BCUT2D eigenvalue weighted by Crippen LogP contribution is 2.44. The van der Waals surface area contributed by atoms with Gasteiger partial charge in [0.25, 0.3) is 0 Å². The lowest BCUT2D eigenvalue weighted by Crippen LogP contribution is -2.41. The van der Waals surface area contributed by atoms with Crippen molar-refractivity contribution in [3.05, 3.63) is 94.7 Å². The molecule has 0 radical (unpaired) electrons. The Balaban J connectivity index is 1.31. The molecule has 0 unspecified atom stereocenters. The smallest absolute Gasteiger partial charge is 0.449 e. The molecule has 0 bridgehead atoms. The van der Waals surface area contributed by atoms with Gasteiger partial charge in [-0.2, -0.15) is 0 Å². The van der Waals surface area contributed by atoms with E-state index in [1.807, 2.05) is 52.0 Å². The maximum absolute atomic E-state index is 14.6. The third-order valence-electron chi connectivity index (χ3n) is 7.70. The summed E-state index contributed by atoms with van der Waals surface area (Å²) in [4.78, 5) is 12.8. The number of benzene rings is 3. The van der Waals surface area contributed by atoms with Gasteiger partial charge in [-0.05, 0) is 67.6 Å². The fraction of sp³-hybridized carbons (Fsp3) is 0.300. The molecule has 3 N–H and O–H groups in total. The maximum atomic E-state index is 14.6. The zero-order valence-corrected chi connectivity index (χ0v) is 22.1. The first-order chi connectivity index (χ1) is 18.1. The first-order valence-electron chi connectivity index (χ1n) is 12.8. The fourth-order valence-electron chi connectivity index (χ4n) is 4.88. The number of nitrogen functional groups attached to an aromatic ring is 1. The van der Waals surface area contributed by atoms with Crippen LogP contribution in [0.4, 0.5) is 14.9 Å². The van der Waals surface area contributed by atoms with Crippen molar-refractivity contribution in [2.75, 3.05) is 18.9 Å². The minimum absolute atomic E-state index is 0.0462. The zero-order chi connectivity index (χ0) is 27.1. The number of alkyl carbamates (subject to hydrolysis) is 1. The van der Waals surface area contributed by atoms with Crippen LogP contribution in [0.3, 0.4) is 0 Å². The molecule has 3 aromatic rings. The quantitative estimate of drug-likeness (QED) is 0.313. The predicted molar refractivity (Wildman–Crippen MR) is 148 cm³/mol. The highest BCUT2D eigenvalue weighted by molar-refractivity contribution is 6.56. The average Bonchev–Trinajstić information content (AvgIpc) is 3.30. The molecular formula is C30H32BFN2O4. The number of halogens is 1. The fourth-order valence-corrected chi connectivity index (χ4v) is 4.88. The van der Waals surface area contributed by atoms with Crippen molar-refractivity contribution in [1.29, 1.82) is 0 Å². The molecule has 0 spiro atoms. The van der Waals surface area contributed by atoms with Gasteiger partial charge in [0.2, 0.25) is 0 Å². The van der Waals surface area contributed by atoms with Crippen LogP contribution in [0.5, 0.6) is 0 Å². The summed E-state index contributed by atoms with van der Waals surface area (Å²) in [5.41, 5.74) is 10.3. The summed E-state index contributed by atoms with van der Waals surface area (Å²) in [6, 6.07) is 20.8. The van der Waals surface area contributed by atoms with Crippen LogP contribution < -0.4 is 11.1 Å². The van der Waals surface area contributed by atoms with E-state index >= 15 is 0 Å². The van der Waals surface area contributed by atoms with Gasteiger partial charge in [0, 0.05) is 23.7 Å². The molecule has 1 fully saturated rings. The van der Waals surface area contributed by atoms with Crippen molar-refractivity contribution < 1.29 is 23.2 Å². The molecule has 196 valence electrons. The van der Waals surface area contributed by atoms with Crippen LogP contribution in [0.2, 0.25) is 0 Å². The number of hydrogen-bond acceptors (Lipinski definition) is 5. The molecule has 38 heavy (non-hydrogen) atoms. The topological polar surface area (TPSA) is 82.8 Å². The Morgan fingerprint density at radius 2 is 1.58 bits per heavy atom. The first-order valence-corrected chi connectivity index (χ1v) is 12.8. The molecule has 2 aliphatic rings. The van der Waals surface area contributed by atoms with E-state index in [0.717, 1.165) is 22.3 Å². The van der Waals surface area contributed by atoms with Crippen molar-refractivity contribution in [1.82, 2.24) is 5.32 Å². The second-order valence-corrected chi connectivity index (χ2v) is 10.8. The van der Waals surface area contributed by atoms with Crippen molar-refractivity contribution in [2.45, 2.75) is 44.8 Å². The van der Waals surface area contributed by atoms with E-state index in [9.17, 15) is 9.18 Å². The maximum Gasteiger partial charge on any atom is 0.492 e. The predicted octanol–water partition coefficient (Wildman–Crippen LogP) is 5.96. The molecule has 0 atom stereocenters. The van der Waals surface area contributed by atoms with Crippen LogP contribution >= 0.6 is 0 Å². The summed E-state index contributed by atoms with van der Waals surface area (Å²) in [6.07, 6.45) is 1.05. The molecule has 0 aromatic heterocycles. The molecule has 6 nitrogen and oxygen atoms in total. The van der Waals surface area contributed by atoms with E-state index in [1.165, 1.54) is 6.07 Å². The van der Waals surface area contributed by atoms with Crippen LogP contribution in [0.25, 0.3) is 17.2 Å². The lowest BCUT2D eigenvalue weighted by molar-refractivity contribution is 0.00578. The third kappa shape index (κ3) is 4.94. The van der Waals surface area contributed by atoms with Crippen molar-refractivity contribution in [3.63, 3.8) is 0 Å². The van der Waals surface area contributed by atoms with Gasteiger partial charge in [0.15, 0.2) is 0 Å². The number of fused-ring (bicyclic) bond motifs is 3. The minimum atomic E-state index is -0.772. The highest BCUT2D eigenvalue weighted by atomic mass is 19.1. The Morgan fingerprint density at radius 3 is 2.16 bits per heavy atom. The Labute approximate surface area is 223 Å². The summed E-state index contributed by atoms with van der Waals surface area (Å²) in [6.45, 7) is 8.00. The number of nitrogens with two attached hydrogens (primary N) is 1. The minimum Gasteiger partial charge on any atom is -0.449 e. The standard InChI is InChI=1S/C30H32BFN2O4/c1-29(2)30(3,4)38-31(37-29)20(15-19-13-14-21(33)16-27(19)32)17-34-28(35)36-18-26-24-11-7-5-9-22(24)23-10-6-8-12-25(23)26/h5-16,26H,17-18,33H2,1-4H3,(H,34,35). The van der Waals surface area contributed by atoms with E-state index in [-0.39, 0.29) is 19.1 Å². The highest BCUT2D eigenvalue weighted by Gasteiger charge is 2.52. The molecular weight excluding hydrogens is 482 g/mol. The Bertz CT molecular complexity index is 1340. The Morgan fingerprint density at radius 1 is 1.00 bits per heavy atom. The van der Waals surface area contributed by atoms with Gasteiger partial charge in [-0.3, -0.25) is 0 Å². The van der Waals surface area contributed by atoms with E-state index in [4.69, 9.17) is 19.8 Å². The summed E-state index contributed by atoms with van der Waals surface area (Å²) in [7, 11) is -0.772. The van der Waals surface area contributed by atoms with Crippen molar-refractivity contribution in [2.24, 2.45) is 0 Å². The molecule has 1 saturated heterocycles. The second kappa shape index (κ2) is 9.93. The van der Waals surface area contributed by atoms with Gasteiger partial charge in [0.1, 0.15) is 12.4 Å². The third-order valence-corrected chi connectivity index (χ3v) is 7.70. The largest absolute Gasteiger partial charge is 0.492 e. The van der Waals surface area contributed by atoms with Gasteiger partial charge >= 0.3 is 13.2 Å². The van der Waals surface area contributed by atoms with E-state index in [1.54, 1.807) is 18.2 Å². The normalized spacial score (nSPS) is 17.7. The number of nitrogens with one attached hydrogen (secondary N) is 1. The van der Waals surface area contributed by atoms with E-state index < -0.39 is 30.2 Å². The monoisotopic (exact) mass is 514 g/mol. The van der Waals surface area contributed by atoms with Crippen molar-refractivity contribution >= 4 is 25.0 Å².